The molecule has 1 fully saturated rings. The lowest BCUT2D eigenvalue weighted by molar-refractivity contribution is -0.128. The van der Waals surface area contributed by atoms with Gasteiger partial charge in [0.1, 0.15) is 5.01 Å². The van der Waals surface area contributed by atoms with Gasteiger partial charge < -0.3 is 5.32 Å². The molecule has 1 saturated heterocycles. The number of aryl methyl sites for hydroxylation is 1. The van der Waals surface area contributed by atoms with Gasteiger partial charge in [-0.25, -0.2) is 4.98 Å². The topological polar surface area (TPSA) is 45.2 Å². The zero-order chi connectivity index (χ0) is 17.8. The van der Waals surface area contributed by atoms with E-state index in [1.165, 1.54) is 6.42 Å². The summed E-state index contributed by atoms with van der Waals surface area (Å²) in [7, 11) is 0. The van der Waals surface area contributed by atoms with Gasteiger partial charge in [0.25, 0.3) is 0 Å². The second-order valence-corrected chi connectivity index (χ2v) is 7.78. The van der Waals surface area contributed by atoms with Crippen LogP contribution in [-0.4, -0.2) is 28.4 Å². The Bertz CT molecular complexity index is 700. The molecule has 4 nitrogen and oxygen atoms in total. The summed E-state index contributed by atoms with van der Waals surface area (Å²) >= 11 is 1.72. The first-order chi connectivity index (χ1) is 12.1. The summed E-state index contributed by atoms with van der Waals surface area (Å²) in [4.78, 5) is 19.8. The second kappa shape index (κ2) is 8.11. The smallest absolute Gasteiger partial charge is 0.237 e. The van der Waals surface area contributed by atoms with Gasteiger partial charge in [0.05, 0.1) is 18.1 Å². The van der Waals surface area contributed by atoms with Crippen LogP contribution in [0.1, 0.15) is 61.5 Å². The number of thiazole rings is 1. The largest absolute Gasteiger partial charge is 0.348 e. The minimum absolute atomic E-state index is 0.0153. The minimum atomic E-state index is -0.152. The van der Waals surface area contributed by atoms with Crippen LogP contribution in [0.2, 0.25) is 0 Å². The molecule has 2 heterocycles. The lowest BCUT2D eigenvalue weighted by Gasteiger charge is -2.38. The average molecular weight is 358 g/mol. The molecule has 0 bridgehead atoms. The molecule has 1 aliphatic rings. The first kappa shape index (κ1) is 18.1. The van der Waals surface area contributed by atoms with E-state index in [2.05, 4.69) is 32.7 Å². The number of hydrogen-bond acceptors (Lipinski definition) is 4. The van der Waals surface area contributed by atoms with Crippen molar-refractivity contribution < 1.29 is 4.79 Å². The van der Waals surface area contributed by atoms with Gasteiger partial charge in [-0.15, -0.1) is 11.3 Å². The van der Waals surface area contributed by atoms with E-state index in [1.54, 1.807) is 11.3 Å². The number of benzene rings is 1. The highest BCUT2D eigenvalue weighted by molar-refractivity contribution is 7.09. The maximum atomic E-state index is 12.8. The third kappa shape index (κ3) is 4.28. The number of likely N-dealkylation sites (tertiary alicyclic amines) is 1. The summed E-state index contributed by atoms with van der Waals surface area (Å²) in [6.07, 6.45) is 3.43. The molecule has 0 saturated carbocycles. The quantitative estimate of drug-likeness (QED) is 0.870. The molecule has 1 N–H and O–H groups in total. The Morgan fingerprint density at radius 2 is 2.04 bits per heavy atom. The minimum Gasteiger partial charge on any atom is -0.348 e. The monoisotopic (exact) mass is 357 g/mol. The van der Waals surface area contributed by atoms with Crippen molar-refractivity contribution in [2.24, 2.45) is 0 Å². The van der Waals surface area contributed by atoms with E-state index >= 15 is 0 Å². The van der Waals surface area contributed by atoms with Crippen molar-refractivity contribution >= 4 is 17.2 Å². The van der Waals surface area contributed by atoms with Gasteiger partial charge in [-0.2, -0.15) is 0 Å². The number of piperidine rings is 1. The molecular formula is C20H27N3OS. The number of carbonyl (C=O) groups is 1. The normalized spacial score (nSPS) is 20.8. The van der Waals surface area contributed by atoms with Gasteiger partial charge in [0, 0.05) is 11.1 Å². The molecule has 0 unspecified atom stereocenters. The average Bonchev–Trinajstić information content (AvgIpc) is 3.08. The van der Waals surface area contributed by atoms with Crippen molar-refractivity contribution in [3.05, 3.63) is 52.0 Å². The maximum Gasteiger partial charge on any atom is 0.237 e. The predicted molar refractivity (Wildman–Crippen MR) is 103 cm³/mol. The Morgan fingerprint density at radius 1 is 1.28 bits per heavy atom. The summed E-state index contributed by atoms with van der Waals surface area (Å²) in [6.45, 7) is 7.05. The Morgan fingerprint density at radius 3 is 2.72 bits per heavy atom. The van der Waals surface area contributed by atoms with Crippen LogP contribution in [0.4, 0.5) is 0 Å². The van der Waals surface area contributed by atoms with Gasteiger partial charge in [-0.05, 0) is 45.7 Å². The molecule has 0 aliphatic carbocycles. The van der Waals surface area contributed by atoms with E-state index in [0.29, 0.717) is 0 Å². The summed E-state index contributed by atoms with van der Waals surface area (Å²) < 4.78 is 0. The summed E-state index contributed by atoms with van der Waals surface area (Å²) in [5.41, 5.74) is 2.20. The number of rotatable bonds is 5. The van der Waals surface area contributed by atoms with E-state index in [4.69, 9.17) is 0 Å². The van der Waals surface area contributed by atoms with Crippen molar-refractivity contribution in [3.8, 4) is 0 Å². The number of nitrogens with one attached hydrogen (secondary N) is 1. The van der Waals surface area contributed by atoms with Crippen LogP contribution in [0.25, 0.3) is 0 Å². The molecule has 3 atom stereocenters. The summed E-state index contributed by atoms with van der Waals surface area (Å²) in [5.74, 6) is 0.0940. The lowest BCUT2D eigenvalue weighted by atomic mass is 10.00. The molecule has 134 valence electrons. The number of hydrogen-bond donors (Lipinski definition) is 1. The molecule has 5 heteroatoms. The van der Waals surface area contributed by atoms with Crippen molar-refractivity contribution in [1.29, 1.82) is 0 Å². The zero-order valence-electron chi connectivity index (χ0n) is 15.2. The maximum absolute atomic E-state index is 12.8. The summed E-state index contributed by atoms with van der Waals surface area (Å²) in [6, 6.07) is 10.2. The van der Waals surface area contributed by atoms with Crippen molar-refractivity contribution in [2.75, 3.05) is 6.54 Å². The summed E-state index contributed by atoms with van der Waals surface area (Å²) in [5, 5.41) is 6.42. The SMILES string of the molecule is Cc1csc([C@@H]2CCCCN2[C@H](C)C(=O)N[C@H](C)c2ccccc2)n1. The number of aromatic nitrogens is 1. The molecule has 0 radical (unpaired) electrons. The highest BCUT2D eigenvalue weighted by Crippen LogP contribution is 2.34. The molecule has 1 aromatic heterocycles. The van der Waals surface area contributed by atoms with Crippen molar-refractivity contribution in [1.82, 2.24) is 15.2 Å². The van der Waals surface area contributed by atoms with E-state index in [-0.39, 0.29) is 24.0 Å². The number of carbonyl (C=O) groups excluding carboxylic acids is 1. The van der Waals surface area contributed by atoms with Crippen LogP contribution in [-0.2, 0) is 4.79 Å². The molecule has 1 aliphatic heterocycles. The molecule has 25 heavy (non-hydrogen) atoms. The van der Waals surface area contributed by atoms with Crippen LogP contribution >= 0.6 is 11.3 Å². The Hall–Kier alpha value is -1.72. The Labute approximate surface area is 154 Å². The fourth-order valence-electron chi connectivity index (χ4n) is 3.52. The van der Waals surface area contributed by atoms with E-state index in [0.717, 1.165) is 35.7 Å². The molecule has 3 rings (SSSR count). The van der Waals surface area contributed by atoms with Crippen LogP contribution in [0.3, 0.4) is 0 Å². The van der Waals surface area contributed by atoms with Crippen LogP contribution < -0.4 is 5.32 Å². The first-order valence-corrected chi connectivity index (χ1v) is 9.97. The van der Waals surface area contributed by atoms with Gasteiger partial charge in [0.2, 0.25) is 5.91 Å². The van der Waals surface area contributed by atoms with Crippen molar-refractivity contribution in [2.45, 2.75) is 58.2 Å². The highest BCUT2D eigenvalue weighted by atomic mass is 32.1. The Kier molecular flexibility index (Phi) is 5.86. The third-order valence-electron chi connectivity index (χ3n) is 5.00. The highest BCUT2D eigenvalue weighted by Gasteiger charge is 2.33. The van der Waals surface area contributed by atoms with Crippen LogP contribution in [0, 0.1) is 6.92 Å². The number of nitrogens with zero attached hydrogens (tertiary/aromatic N) is 2. The standard InChI is InChI=1S/C20H27N3OS/c1-14-13-25-20(21-14)18-11-7-8-12-23(18)16(3)19(24)22-15(2)17-9-5-4-6-10-17/h4-6,9-10,13,15-16,18H,7-8,11-12H2,1-3H3,(H,22,24)/t15-,16-,18+/m1/s1. The van der Waals surface area contributed by atoms with Crippen LogP contribution in [0.5, 0.6) is 0 Å². The van der Waals surface area contributed by atoms with E-state index in [9.17, 15) is 4.79 Å². The molecule has 1 aromatic carbocycles. The van der Waals surface area contributed by atoms with Crippen molar-refractivity contribution in [3.63, 3.8) is 0 Å². The predicted octanol–water partition coefficient (Wildman–Crippen LogP) is 4.24. The third-order valence-corrected chi connectivity index (χ3v) is 6.07. The van der Waals surface area contributed by atoms with Gasteiger partial charge >= 0.3 is 0 Å². The molecular weight excluding hydrogens is 330 g/mol. The zero-order valence-corrected chi connectivity index (χ0v) is 16.1. The first-order valence-electron chi connectivity index (χ1n) is 9.09. The second-order valence-electron chi connectivity index (χ2n) is 6.89. The van der Waals surface area contributed by atoms with Gasteiger partial charge in [0.15, 0.2) is 0 Å². The number of amides is 1. The Balaban J connectivity index is 1.69. The molecule has 2 aromatic rings. The van der Waals surface area contributed by atoms with E-state index < -0.39 is 0 Å². The van der Waals surface area contributed by atoms with Gasteiger partial charge in [-0.1, -0.05) is 36.8 Å². The van der Waals surface area contributed by atoms with Crippen LogP contribution in [0.15, 0.2) is 35.7 Å². The van der Waals surface area contributed by atoms with E-state index in [1.807, 2.05) is 39.0 Å². The molecule has 0 spiro atoms. The fraction of sp³-hybridized carbons (Fsp3) is 0.500. The van der Waals surface area contributed by atoms with Gasteiger partial charge in [-0.3, -0.25) is 9.69 Å². The fourth-order valence-corrected chi connectivity index (χ4v) is 4.47. The lowest BCUT2D eigenvalue weighted by Crippen LogP contribution is -2.48. The molecule has 1 amide bonds.